The van der Waals surface area contributed by atoms with E-state index in [0.717, 1.165) is 6.42 Å². The third kappa shape index (κ3) is 6.93. The normalized spacial score (nSPS) is 21.2. The number of anilines is 1. The largest absolute Gasteiger partial charge is 0.444 e. The first-order valence-electron chi connectivity index (χ1n) is 15.0. The number of carbonyl (C=O) groups is 3. The highest BCUT2D eigenvalue weighted by atomic mass is 19.1. The van der Waals surface area contributed by atoms with Crippen molar-refractivity contribution >= 4 is 29.5 Å². The van der Waals surface area contributed by atoms with E-state index in [2.05, 4.69) is 26.1 Å². The van der Waals surface area contributed by atoms with E-state index in [1.807, 2.05) is 0 Å². The van der Waals surface area contributed by atoms with Crippen molar-refractivity contribution in [2.75, 3.05) is 24.5 Å². The van der Waals surface area contributed by atoms with Crippen LogP contribution in [0.15, 0.2) is 55.0 Å². The minimum Gasteiger partial charge on any atom is -0.444 e. The molecule has 1 aromatic carbocycles. The quantitative estimate of drug-likeness (QED) is 0.378. The predicted molar refractivity (Wildman–Crippen MR) is 162 cm³/mol. The molecule has 2 fully saturated rings. The molecule has 0 bridgehead atoms. The first-order valence-corrected chi connectivity index (χ1v) is 15.0. The standard InChI is InChI=1S/C31H35FN8O6/c1-31(2,3)45-30(43)39-11-4-5-27(39)28(41)34-16-21-14-26(36-46-21)25-9-6-19(15-33-25)23-8-7-20(13-24(23)32)40-18-22(44-29(40)42)17-38-12-10-35-37-38/h6-10,12-15,21-22,27,36H,4-5,11,16-18H2,1-3H3,(H,34,41)/t21-,22-,27-/m0/s1. The fourth-order valence-corrected chi connectivity index (χ4v) is 5.51. The number of nitrogens with one attached hydrogen (secondary N) is 2. The molecule has 14 nitrogen and oxygen atoms in total. The van der Waals surface area contributed by atoms with E-state index in [0.29, 0.717) is 47.7 Å². The maximum atomic E-state index is 15.2. The second kappa shape index (κ2) is 12.7. The summed E-state index contributed by atoms with van der Waals surface area (Å²) in [5.74, 6) is -0.776. The molecule has 3 aliphatic rings. The number of hydrogen-bond acceptors (Lipinski definition) is 10. The number of amides is 3. The van der Waals surface area contributed by atoms with Gasteiger partial charge < -0.3 is 14.8 Å². The third-order valence-corrected chi connectivity index (χ3v) is 7.69. The number of carbonyl (C=O) groups excluding carboxylic acids is 3. The van der Waals surface area contributed by atoms with Gasteiger partial charge in [0.25, 0.3) is 0 Å². The van der Waals surface area contributed by atoms with Gasteiger partial charge in [0.15, 0.2) is 0 Å². The molecule has 3 aromatic rings. The Morgan fingerprint density at radius 1 is 1.22 bits per heavy atom. The molecule has 0 radical (unpaired) electrons. The minimum atomic E-state index is -0.647. The van der Waals surface area contributed by atoms with Crippen LogP contribution in [0.4, 0.5) is 19.7 Å². The SMILES string of the molecule is CC(C)(C)OC(=O)N1CCC[C@H]1C(=O)NC[C@@H]1C=C(c2ccc(-c3ccc(N4C[C@H](Cn5ccnn5)OC4=O)cc3F)cn2)NO1. The molecule has 2 saturated heterocycles. The average Bonchev–Trinajstić information content (AvgIpc) is 3.83. The zero-order chi connectivity index (χ0) is 32.4. The highest BCUT2D eigenvalue weighted by Crippen LogP contribution is 2.30. The van der Waals surface area contributed by atoms with Crippen molar-refractivity contribution in [1.29, 1.82) is 0 Å². The highest BCUT2D eigenvalue weighted by Gasteiger charge is 2.37. The lowest BCUT2D eigenvalue weighted by molar-refractivity contribution is -0.126. The number of benzene rings is 1. The molecule has 3 aliphatic heterocycles. The summed E-state index contributed by atoms with van der Waals surface area (Å²) in [7, 11) is 0. The van der Waals surface area contributed by atoms with Crippen LogP contribution in [0.5, 0.6) is 0 Å². The van der Waals surface area contributed by atoms with Crippen LogP contribution in [0.1, 0.15) is 39.3 Å². The molecule has 46 heavy (non-hydrogen) atoms. The second-order valence-electron chi connectivity index (χ2n) is 12.3. The van der Waals surface area contributed by atoms with Crippen LogP contribution >= 0.6 is 0 Å². The van der Waals surface area contributed by atoms with Crippen molar-refractivity contribution in [2.45, 2.75) is 64.0 Å². The average molecular weight is 635 g/mol. The highest BCUT2D eigenvalue weighted by molar-refractivity contribution is 5.90. The van der Waals surface area contributed by atoms with Crippen LogP contribution in [-0.4, -0.2) is 86.5 Å². The molecular formula is C31H35FN8O6. The van der Waals surface area contributed by atoms with Gasteiger partial charge >= 0.3 is 12.2 Å². The number of aromatic nitrogens is 4. The van der Waals surface area contributed by atoms with E-state index in [9.17, 15) is 14.4 Å². The number of ether oxygens (including phenoxy) is 2. The minimum absolute atomic E-state index is 0.190. The zero-order valence-electron chi connectivity index (χ0n) is 25.7. The molecule has 0 saturated carbocycles. The first kappa shape index (κ1) is 31.0. The Balaban J connectivity index is 1.04. The maximum absolute atomic E-state index is 15.2. The van der Waals surface area contributed by atoms with Gasteiger partial charge in [-0.1, -0.05) is 11.3 Å². The van der Waals surface area contributed by atoms with E-state index in [4.69, 9.17) is 14.3 Å². The van der Waals surface area contributed by atoms with Crippen molar-refractivity contribution in [3.63, 3.8) is 0 Å². The number of hydrogen-bond donors (Lipinski definition) is 2. The monoisotopic (exact) mass is 634 g/mol. The third-order valence-electron chi connectivity index (χ3n) is 7.69. The Morgan fingerprint density at radius 3 is 2.78 bits per heavy atom. The van der Waals surface area contributed by atoms with Gasteiger partial charge in [-0.15, -0.1) is 5.10 Å². The fraction of sp³-hybridized carbons (Fsp3) is 0.419. The summed E-state index contributed by atoms with van der Waals surface area (Å²) in [6.45, 7) is 6.63. The van der Waals surface area contributed by atoms with Gasteiger partial charge in [0.05, 0.1) is 42.9 Å². The molecule has 0 aliphatic carbocycles. The van der Waals surface area contributed by atoms with Gasteiger partial charge in [0.2, 0.25) is 5.91 Å². The van der Waals surface area contributed by atoms with Crippen molar-refractivity contribution in [2.24, 2.45) is 0 Å². The topological polar surface area (TPSA) is 153 Å². The smallest absolute Gasteiger partial charge is 0.414 e. The van der Waals surface area contributed by atoms with E-state index < -0.39 is 41.9 Å². The summed E-state index contributed by atoms with van der Waals surface area (Å²) in [6, 6.07) is 7.44. The van der Waals surface area contributed by atoms with Crippen molar-refractivity contribution < 1.29 is 33.1 Å². The summed E-state index contributed by atoms with van der Waals surface area (Å²) in [5, 5.41) is 10.5. The second-order valence-corrected chi connectivity index (χ2v) is 12.3. The van der Waals surface area contributed by atoms with Crippen LogP contribution < -0.4 is 15.7 Å². The fourth-order valence-electron chi connectivity index (χ4n) is 5.51. The molecule has 2 aromatic heterocycles. The zero-order valence-corrected chi connectivity index (χ0v) is 25.7. The Hall–Kier alpha value is -5.05. The number of rotatable bonds is 8. The van der Waals surface area contributed by atoms with Crippen molar-refractivity contribution in [3.05, 3.63) is 66.5 Å². The summed E-state index contributed by atoms with van der Waals surface area (Å²) >= 11 is 0. The van der Waals surface area contributed by atoms with Crippen LogP contribution in [0.3, 0.4) is 0 Å². The number of nitrogens with zero attached hydrogens (tertiary/aromatic N) is 6. The van der Waals surface area contributed by atoms with Crippen LogP contribution in [0.25, 0.3) is 16.8 Å². The van der Waals surface area contributed by atoms with Gasteiger partial charge in [-0.2, -0.15) is 0 Å². The molecular weight excluding hydrogens is 599 g/mol. The first-order chi connectivity index (χ1) is 22.0. The molecule has 6 rings (SSSR count). The van der Waals surface area contributed by atoms with Crippen molar-refractivity contribution in [1.82, 2.24) is 35.7 Å². The number of likely N-dealkylation sites (tertiary alicyclic amines) is 1. The summed E-state index contributed by atoms with van der Waals surface area (Å²) in [6.07, 6.45) is 5.89. The van der Waals surface area contributed by atoms with E-state index in [-0.39, 0.29) is 19.0 Å². The lowest BCUT2D eigenvalue weighted by Crippen LogP contribution is -2.48. The number of hydroxylamine groups is 1. The molecule has 5 heterocycles. The molecule has 15 heteroatoms. The van der Waals surface area contributed by atoms with Crippen LogP contribution in [0.2, 0.25) is 0 Å². The Bertz CT molecular complexity index is 1620. The maximum Gasteiger partial charge on any atom is 0.414 e. The lowest BCUT2D eigenvalue weighted by atomic mass is 10.1. The number of cyclic esters (lactones) is 1. The molecule has 3 atom stereocenters. The number of halogens is 1. The van der Waals surface area contributed by atoms with E-state index >= 15 is 4.39 Å². The van der Waals surface area contributed by atoms with Crippen LogP contribution in [-0.2, 0) is 25.7 Å². The summed E-state index contributed by atoms with van der Waals surface area (Å²) in [5.41, 5.74) is 4.62. The summed E-state index contributed by atoms with van der Waals surface area (Å²) < 4.78 is 27.7. The van der Waals surface area contributed by atoms with Gasteiger partial charge in [0.1, 0.15) is 29.7 Å². The van der Waals surface area contributed by atoms with E-state index in [1.54, 1.807) is 74.4 Å². The molecule has 3 amide bonds. The number of pyridine rings is 1. The Kier molecular flexibility index (Phi) is 8.58. The van der Waals surface area contributed by atoms with Gasteiger partial charge in [-0.3, -0.25) is 29.9 Å². The predicted octanol–water partition coefficient (Wildman–Crippen LogP) is 3.26. The molecule has 0 unspecified atom stereocenters. The van der Waals surface area contributed by atoms with Crippen molar-refractivity contribution in [3.8, 4) is 11.1 Å². The molecule has 242 valence electrons. The molecule has 0 spiro atoms. The van der Waals surface area contributed by atoms with Gasteiger partial charge in [0, 0.05) is 30.1 Å². The molecule has 2 N–H and O–H groups in total. The Morgan fingerprint density at radius 2 is 2.07 bits per heavy atom. The lowest BCUT2D eigenvalue weighted by Gasteiger charge is -2.28. The van der Waals surface area contributed by atoms with Gasteiger partial charge in [-0.05, 0) is 64.0 Å². The Labute approximate surface area is 264 Å². The van der Waals surface area contributed by atoms with E-state index in [1.165, 1.54) is 15.9 Å². The summed E-state index contributed by atoms with van der Waals surface area (Å²) in [4.78, 5) is 50.8. The van der Waals surface area contributed by atoms with Gasteiger partial charge in [-0.25, -0.2) is 18.7 Å². The van der Waals surface area contributed by atoms with Crippen LogP contribution in [0, 0.1) is 5.82 Å².